The van der Waals surface area contributed by atoms with Crippen molar-refractivity contribution in [3.63, 3.8) is 0 Å². The second-order valence-corrected chi connectivity index (χ2v) is 6.33. The predicted octanol–water partition coefficient (Wildman–Crippen LogP) is 2.76. The first-order chi connectivity index (χ1) is 10.7. The molecule has 0 unspecified atom stereocenters. The molecule has 1 N–H and O–H groups in total. The summed E-state index contributed by atoms with van der Waals surface area (Å²) in [5.41, 5.74) is 1.03. The molecular formula is C16H22N6. The molecule has 2 aromatic rings. The average molecular weight is 298 g/mol. The molecule has 1 atom stereocenters. The highest BCUT2D eigenvalue weighted by Crippen LogP contribution is 2.38. The fraction of sp³-hybridized carbons (Fsp3) is 0.625. The van der Waals surface area contributed by atoms with E-state index in [9.17, 15) is 0 Å². The lowest BCUT2D eigenvalue weighted by atomic mass is 10.1. The topological polar surface area (TPSA) is 68.5 Å². The van der Waals surface area contributed by atoms with Gasteiger partial charge in [0.05, 0.1) is 6.04 Å². The van der Waals surface area contributed by atoms with E-state index in [1.54, 1.807) is 0 Å². The molecule has 2 aromatic heterocycles. The van der Waals surface area contributed by atoms with Crippen LogP contribution in [0, 0.1) is 6.92 Å². The van der Waals surface area contributed by atoms with Gasteiger partial charge in [-0.3, -0.25) is 0 Å². The van der Waals surface area contributed by atoms with E-state index in [0.717, 1.165) is 54.8 Å². The Morgan fingerprint density at radius 3 is 2.86 bits per heavy atom. The standard InChI is InChI=1S/C16H22N6/c1-3-13-20-16-12(5-4-8-22(16)21-13)18-14-9-10(2)17-15(19-14)11-6-7-11/h9,11-12H,3-8H2,1-2H3,(H,17,18,19)/t12-/m1/s1. The van der Waals surface area contributed by atoms with Gasteiger partial charge in [-0.1, -0.05) is 6.92 Å². The summed E-state index contributed by atoms with van der Waals surface area (Å²) in [4.78, 5) is 14.0. The van der Waals surface area contributed by atoms with E-state index in [1.807, 2.05) is 13.0 Å². The van der Waals surface area contributed by atoms with E-state index < -0.39 is 0 Å². The Bertz CT molecular complexity index is 688. The lowest BCUT2D eigenvalue weighted by Gasteiger charge is -2.23. The zero-order chi connectivity index (χ0) is 15.1. The lowest BCUT2D eigenvalue weighted by molar-refractivity contribution is 0.436. The van der Waals surface area contributed by atoms with Crippen LogP contribution in [0.4, 0.5) is 5.82 Å². The number of anilines is 1. The van der Waals surface area contributed by atoms with Crippen LogP contribution in [0.25, 0.3) is 0 Å². The Hall–Kier alpha value is -1.98. The quantitative estimate of drug-likeness (QED) is 0.940. The number of aryl methyl sites for hydroxylation is 3. The molecule has 3 heterocycles. The number of hydrogen-bond donors (Lipinski definition) is 1. The second kappa shape index (κ2) is 5.34. The minimum atomic E-state index is 0.197. The van der Waals surface area contributed by atoms with E-state index >= 15 is 0 Å². The molecule has 0 radical (unpaired) electrons. The van der Waals surface area contributed by atoms with Gasteiger partial charge >= 0.3 is 0 Å². The smallest absolute Gasteiger partial charge is 0.150 e. The first kappa shape index (κ1) is 13.7. The minimum absolute atomic E-state index is 0.197. The third-order valence-electron chi connectivity index (χ3n) is 4.37. The summed E-state index contributed by atoms with van der Waals surface area (Å²) in [6, 6.07) is 2.23. The molecule has 0 spiro atoms. The maximum absolute atomic E-state index is 4.71. The summed E-state index contributed by atoms with van der Waals surface area (Å²) in [5, 5.41) is 8.13. The SMILES string of the molecule is CCc1nc2n(n1)CCC[C@H]2Nc1cc(C)nc(C2CC2)n1. The molecule has 22 heavy (non-hydrogen) atoms. The van der Waals surface area contributed by atoms with Gasteiger partial charge in [0.15, 0.2) is 5.82 Å². The Kier molecular flexibility index (Phi) is 3.32. The molecule has 1 saturated carbocycles. The Labute approximate surface area is 130 Å². The molecule has 4 rings (SSSR count). The van der Waals surface area contributed by atoms with E-state index in [2.05, 4.69) is 32.0 Å². The highest BCUT2D eigenvalue weighted by molar-refractivity contribution is 5.39. The average Bonchev–Trinajstić information content (AvgIpc) is 3.26. The summed E-state index contributed by atoms with van der Waals surface area (Å²) in [6.07, 6.45) is 5.52. The highest BCUT2D eigenvalue weighted by Gasteiger charge is 2.28. The van der Waals surface area contributed by atoms with E-state index in [0.29, 0.717) is 5.92 Å². The van der Waals surface area contributed by atoms with Crippen molar-refractivity contribution in [2.45, 2.75) is 64.5 Å². The Morgan fingerprint density at radius 1 is 1.23 bits per heavy atom. The minimum Gasteiger partial charge on any atom is -0.360 e. The number of hydrogen-bond acceptors (Lipinski definition) is 5. The van der Waals surface area contributed by atoms with E-state index in [4.69, 9.17) is 4.98 Å². The molecule has 116 valence electrons. The Balaban J connectivity index is 1.60. The molecular weight excluding hydrogens is 276 g/mol. The second-order valence-electron chi connectivity index (χ2n) is 6.33. The molecule has 1 aliphatic heterocycles. The van der Waals surface area contributed by atoms with Crippen LogP contribution in [0.15, 0.2) is 6.07 Å². The molecule has 0 amide bonds. The maximum Gasteiger partial charge on any atom is 0.150 e. The number of nitrogens with one attached hydrogen (secondary N) is 1. The van der Waals surface area contributed by atoms with Crippen molar-refractivity contribution < 1.29 is 0 Å². The molecule has 2 aliphatic rings. The van der Waals surface area contributed by atoms with Gasteiger partial charge in [-0.2, -0.15) is 5.10 Å². The van der Waals surface area contributed by atoms with Crippen molar-refractivity contribution in [1.82, 2.24) is 24.7 Å². The van der Waals surface area contributed by atoms with Gasteiger partial charge in [0.25, 0.3) is 0 Å². The zero-order valence-electron chi connectivity index (χ0n) is 13.2. The number of rotatable bonds is 4. The van der Waals surface area contributed by atoms with Crippen LogP contribution in [0.5, 0.6) is 0 Å². The van der Waals surface area contributed by atoms with Crippen molar-refractivity contribution >= 4 is 5.82 Å². The fourth-order valence-corrected chi connectivity index (χ4v) is 3.05. The van der Waals surface area contributed by atoms with Gasteiger partial charge in [-0.15, -0.1) is 0 Å². The first-order valence-electron chi connectivity index (χ1n) is 8.28. The molecule has 6 nitrogen and oxygen atoms in total. The van der Waals surface area contributed by atoms with E-state index in [-0.39, 0.29) is 6.04 Å². The van der Waals surface area contributed by atoms with Crippen molar-refractivity contribution in [3.8, 4) is 0 Å². The van der Waals surface area contributed by atoms with Crippen molar-refractivity contribution in [1.29, 1.82) is 0 Å². The molecule has 0 saturated heterocycles. The molecule has 0 aromatic carbocycles. The predicted molar refractivity (Wildman–Crippen MR) is 83.7 cm³/mol. The first-order valence-corrected chi connectivity index (χ1v) is 8.28. The largest absolute Gasteiger partial charge is 0.360 e. The van der Waals surface area contributed by atoms with Crippen LogP contribution >= 0.6 is 0 Å². The highest BCUT2D eigenvalue weighted by atomic mass is 15.4. The van der Waals surface area contributed by atoms with Crippen LogP contribution in [0.2, 0.25) is 0 Å². The maximum atomic E-state index is 4.71. The van der Waals surface area contributed by atoms with Crippen molar-refractivity contribution in [2.75, 3.05) is 5.32 Å². The van der Waals surface area contributed by atoms with Gasteiger partial charge < -0.3 is 5.32 Å². The van der Waals surface area contributed by atoms with Crippen molar-refractivity contribution in [2.24, 2.45) is 0 Å². The summed E-state index contributed by atoms with van der Waals surface area (Å²) in [7, 11) is 0. The van der Waals surface area contributed by atoms with Gasteiger partial charge in [0.1, 0.15) is 17.5 Å². The Morgan fingerprint density at radius 2 is 2.09 bits per heavy atom. The van der Waals surface area contributed by atoms with Gasteiger partial charge in [-0.05, 0) is 32.6 Å². The normalized spacial score (nSPS) is 20.7. The van der Waals surface area contributed by atoms with E-state index in [1.165, 1.54) is 12.8 Å². The third kappa shape index (κ3) is 2.58. The lowest BCUT2D eigenvalue weighted by Crippen LogP contribution is -2.23. The summed E-state index contributed by atoms with van der Waals surface area (Å²) in [5.74, 6) is 4.47. The van der Waals surface area contributed by atoms with Crippen LogP contribution in [-0.2, 0) is 13.0 Å². The van der Waals surface area contributed by atoms with Crippen LogP contribution in [-0.4, -0.2) is 24.7 Å². The van der Waals surface area contributed by atoms with Gasteiger partial charge in [-0.25, -0.2) is 19.6 Å². The molecule has 6 heteroatoms. The van der Waals surface area contributed by atoms with Crippen LogP contribution in [0.1, 0.15) is 67.7 Å². The number of nitrogens with zero attached hydrogens (tertiary/aromatic N) is 5. The monoisotopic (exact) mass is 298 g/mol. The third-order valence-corrected chi connectivity index (χ3v) is 4.37. The molecule has 1 aliphatic carbocycles. The fourth-order valence-electron chi connectivity index (χ4n) is 3.05. The van der Waals surface area contributed by atoms with Gasteiger partial charge in [0.2, 0.25) is 0 Å². The summed E-state index contributed by atoms with van der Waals surface area (Å²) in [6.45, 7) is 5.10. The number of aromatic nitrogens is 5. The summed E-state index contributed by atoms with van der Waals surface area (Å²) >= 11 is 0. The van der Waals surface area contributed by atoms with Crippen molar-refractivity contribution in [3.05, 3.63) is 29.2 Å². The van der Waals surface area contributed by atoms with Crippen LogP contribution in [0.3, 0.4) is 0 Å². The summed E-state index contributed by atoms with van der Waals surface area (Å²) < 4.78 is 2.05. The number of fused-ring (bicyclic) bond motifs is 1. The van der Waals surface area contributed by atoms with Gasteiger partial charge in [0, 0.05) is 30.6 Å². The zero-order valence-corrected chi connectivity index (χ0v) is 13.2. The molecule has 0 bridgehead atoms. The molecule has 1 fully saturated rings. The van der Waals surface area contributed by atoms with Crippen LogP contribution < -0.4 is 5.32 Å².